The molecule has 3 N–H and O–H groups in total. The number of amides is 1. The van der Waals surface area contributed by atoms with Gasteiger partial charge in [-0.25, -0.2) is 4.39 Å². The molecule has 0 aliphatic heterocycles. The third-order valence-corrected chi connectivity index (χ3v) is 2.70. The Balaban J connectivity index is 2.10. The molecule has 1 saturated carbocycles. The number of hydrogen-bond acceptors (Lipinski definition) is 2. The van der Waals surface area contributed by atoms with Crippen molar-refractivity contribution in [2.75, 3.05) is 5.73 Å². The Labute approximate surface area is 87.5 Å². The minimum atomic E-state index is -0.423. The van der Waals surface area contributed by atoms with E-state index in [4.69, 9.17) is 5.73 Å². The van der Waals surface area contributed by atoms with Gasteiger partial charge in [0.15, 0.2) is 0 Å². The van der Waals surface area contributed by atoms with Crippen LogP contribution in [0.2, 0.25) is 0 Å². The lowest BCUT2D eigenvalue weighted by Gasteiger charge is -2.26. The minimum absolute atomic E-state index is 0.187. The maximum Gasteiger partial charge on any atom is 0.253 e. The molecule has 0 heterocycles. The van der Waals surface area contributed by atoms with Crippen LogP contribution in [0.3, 0.4) is 0 Å². The highest BCUT2D eigenvalue weighted by Crippen LogP contribution is 2.20. The molecule has 0 atom stereocenters. The summed E-state index contributed by atoms with van der Waals surface area (Å²) in [4.78, 5) is 11.7. The van der Waals surface area contributed by atoms with Gasteiger partial charge in [-0.1, -0.05) is 0 Å². The lowest BCUT2D eigenvalue weighted by atomic mass is 9.93. The van der Waals surface area contributed by atoms with E-state index in [9.17, 15) is 9.18 Å². The summed E-state index contributed by atoms with van der Waals surface area (Å²) in [5.41, 5.74) is 6.09. The van der Waals surface area contributed by atoms with Gasteiger partial charge in [0.25, 0.3) is 5.91 Å². The summed E-state index contributed by atoms with van der Waals surface area (Å²) in [6, 6.07) is 4.09. The predicted molar refractivity (Wildman–Crippen MR) is 55.9 cm³/mol. The van der Waals surface area contributed by atoms with Gasteiger partial charge in [0, 0.05) is 11.7 Å². The van der Waals surface area contributed by atoms with Crippen molar-refractivity contribution in [2.24, 2.45) is 0 Å². The molecule has 0 aromatic heterocycles. The zero-order valence-electron chi connectivity index (χ0n) is 8.29. The molecular formula is C11H13FN2O. The van der Waals surface area contributed by atoms with E-state index in [0.717, 1.165) is 25.3 Å². The second kappa shape index (κ2) is 3.88. The molecule has 0 radical (unpaired) electrons. The lowest BCUT2D eigenvalue weighted by molar-refractivity contribution is 0.0918. The summed E-state index contributed by atoms with van der Waals surface area (Å²) >= 11 is 0. The Bertz CT molecular complexity index is 388. The van der Waals surface area contributed by atoms with Crippen molar-refractivity contribution in [2.45, 2.75) is 25.3 Å². The fourth-order valence-corrected chi connectivity index (χ4v) is 1.56. The van der Waals surface area contributed by atoms with Gasteiger partial charge >= 0.3 is 0 Å². The van der Waals surface area contributed by atoms with Gasteiger partial charge in [-0.05, 0) is 37.5 Å². The summed E-state index contributed by atoms with van der Waals surface area (Å²) in [7, 11) is 0. The molecule has 4 heteroatoms. The maximum atomic E-state index is 12.7. The summed E-state index contributed by atoms with van der Waals surface area (Å²) in [6.45, 7) is 0. The average Bonchev–Trinajstić information content (AvgIpc) is 2.11. The number of carbonyl (C=O) groups is 1. The topological polar surface area (TPSA) is 55.1 Å². The summed E-state index contributed by atoms with van der Waals surface area (Å²) in [5.74, 6) is -0.634. The van der Waals surface area contributed by atoms with Crippen molar-refractivity contribution in [3.05, 3.63) is 29.6 Å². The normalized spacial score (nSPS) is 15.8. The second-order valence-electron chi connectivity index (χ2n) is 3.83. The van der Waals surface area contributed by atoms with E-state index in [1.54, 1.807) is 0 Å². The van der Waals surface area contributed by atoms with Crippen LogP contribution in [0.1, 0.15) is 29.6 Å². The lowest BCUT2D eigenvalue weighted by Crippen LogP contribution is -2.39. The first-order valence-electron chi connectivity index (χ1n) is 5.02. The highest BCUT2D eigenvalue weighted by Gasteiger charge is 2.20. The number of nitrogens with two attached hydrogens (primary N) is 1. The van der Waals surface area contributed by atoms with Crippen molar-refractivity contribution < 1.29 is 9.18 Å². The molecule has 0 bridgehead atoms. The molecule has 3 nitrogen and oxygen atoms in total. The van der Waals surface area contributed by atoms with Crippen molar-refractivity contribution in [3.8, 4) is 0 Å². The Morgan fingerprint density at radius 1 is 1.47 bits per heavy atom. The molecule has 1 aliphatic carbocycles. The minimum Gasteiger partial charge on any atom is -0.398 e. The largest absolute Gasteiger partial charge is 0.398 e. The molecule has 15 heavy (non-hydrogen) atoms. The van der Waals surface area contributed by atoms with E-state index in [1.807, 2.05) is 0 Å². The van der Waals surface area contributed by atoms with Gasteiger partial charge < -0.3 is 11.1 Å². The van der Waals surface area contributed by atoms with Gasteiger partial charge in [-0.15, -0.1) is 0 Å². The Morgan fingerprint density at radius 3 is 2.73 bits per heavy atom. The van der Waals surface area contributed by atoms with Crippen molar-refractivity contribution in [3.63, 3.8) is 0 Å². The fraction of sp³-hybridized carbons (Fsp3) is 0.364. The number of carbonyl (C=O) groups excluding carboxylic acids is 1. The van der Waals surface area contributed by atoms with Crippen LogP contribution < -0.4 is 11.1 Å². The highest BCUT2D eigenvalue weighted by atomic mass is 19.1. The Morgan fingerprint density at radius 2 is 2.20 bits per heavy atom. The van der Waals surface area contributed by atoms with Crippen LogP contribution in [-0.2, 0) is 0 Å². The quantitative estimate of drug-likeness (QED) is 0.727. The number of rotatable bonds is 2. The van der Waals surface area contributed by atoms with E-state index in [2.05, 4.69) is 5.32 Å². The van der Waals surface area contributed by atoms with Gasteiger partial charge in [0.2, 0.25) is 0 Å². The molecule has 0 unspecified atom stereocenters. The second-order valence-corrected chi connectivity index (χ2v) is 3.83. The average molecular weight is 208 g/mol. The van der Waals surface area contributed by atoms with Crippen LogP contribution in [0.25, 0.3) is 0 Å². The zero-order chi connectivity index (χ0) is 10.8. The number of anilines is 1. The third kappa shape index (κ3) is 2.09. The van der Waals surface area contributed by atoms with Gasteiger partial charge in [-0.3, -0.25) is 4.79 Å². The number of hydrogen-bond donors (Lipinski definition) is 2. The van der Waals surface area contributed by atoms with E-state index in [1.165, 1.54) is 12.1 Å². The van der Waals surface area contributed by atoms with Crippen LogP contribution in [-0.4, -0.2) is 11.9 Å². The van der Waals surface area contributed by atoms with E-state index < -0.39 is 5.82 Å². The monoisotopic (exact) mass is 208 g/mol. The highest BCUT2D eigenvalue weighted by molar-refractivity contribution is 5.99. The van der Waals surface area contributed by atoms with Crippen LogP contribution in [0.15, 0.2) is 18.2 Å². The van der Waals surface area contributed by atoms with E-state index in [0.29, 0.717) is 5.56 Å². The first-order chi connectivity index (χ1) is 7.16. The van der Waals surface area contributed by atoms with E-state index in [-0.39, 0.29) is 17.6 Å². The number of benzene rings is 1. The zero-order valence-corrected chi connectivity index (χ0v) is 8.29. The molecule has 1 aromatic carbocycles. The summed E-state index contributed by atoms with van der Waals surface area (Å²) < 4.78 is 12.7. The molecule has 80 valence electrons. The molecule has 0 spiro atoms. The van der Waals surface area contributed by atoms with Crippen molar-refractivity contribution >= 4 is 11.6 Å². The maximum absolute atomic E-state index is 12.7. The SMILES string of the molecule is Nc1cc(F)ccc1C(=O)NC1CCC1. The van der Waals surface area contributed by atoms with Gasteiger partial charge in [0.1, 0.15) is 5.82 Å². The first-order valence-corrected chi connectivity index (χ1v) is 5.02. The molecule has 1 aromatic rings. The summed E-state index contributed by atoms with van der Waals surface area (Å²) in [5, 5.41) is 2.85. The Hall–Kier alpha value is -1.58. The molecule has 2 rings (SSSR count). The standard InChI is InChI=1S/C11H13FN2O/c12-7-4-5-9(10(13)6-7)11(15)14-8-2-1-3-8/h4-6,8H,1-3,13H2,(H,14,15). The predicted octanol–water partition coefficient (Wildman–Crippen LogP) is 1.69. The smallest absolute Gasteiger partial charge is 0.253 e. The van der Waals surface area contributed by atoms with Crippen LogP contribution in [0.5, 0.6) is 0 Å². The molecular weight excluding hydrogens is 195 g/mol. The van der Waals surface area contributed by atoms with Crippen LogP contribution in [0.4, 0.5) is 10.1 Å². The number of halogens is 1. The van der Waals surface area contributed by atoms with Gasteiger partial charge in [-0.2, -0.15) is 0 Å². The molecule has 1 aliphatic rings. The molecule has 1 fully saturated rings. The molecule has 0 saturated heterocycles. The van der Waals surface area contributed by atoms with Gasteiger partial charge in [0.05, 0.1) is 5.56 Å². The van der Waals surface area contributed by atoms with Crippen molar-refractivity contribution in [1.82, 2.24) is 5.32 Å². The number of nitrogens with one attached hydrogen (secondary N) is 1. The summed E-state index contributed by atoms with van der Waals surface area (Å²) in [6.07, 6.45) is 3.20. The third-order valence-electron chi connectivity index (χ3n) is 2.70. The first kappa shape index (κ1) is 9.96. The van der Waals surface area contributed by atoms with Crippen molar-refractivity contribution in [1.29, 1.82) is 0 Å². The van der Waals surface area contributed by atoms with E-state index >= 15 is 0 Å². The molecule has 1 amide bonds. The Kier molecular flexibility index (Phi) is 2.58. The number of nitrogen functional groups attached to an aromatic ring is 1. The van der Waals surface area contributed by atoms with Crippen LogP contribution in [0, 0.1) is 5.82 Å². The fourth-order valence-electron chi connectivity index (χ4n) is 1.56. The van der Waals surface area contributed by atoms with Crippen LogP contribution >= 0.6 is 0 Å².